The molecule has 0 aromatic heterocycles. The number of likely N-dealkylation sites (tertiary alicyclic amines) is 1. The quantitative estimate of drug-likeness (QED) is 0.881. The van der Waals surface area contributed by atoms with Crippen LogP contribution in [0.15, 0.2) is 24.3 Å². The standard InChI is InChI=1S/C17H24FN3O.ClH/c18-14-6-4-13(5-7-14)12-21-10-2-1-3-16(21)17(22)20-15-8-9-19-11-15;/h4-7,15-16,19H,1-3,8-12H2,(H,20,22);1H. The van der Waals surface area contributed by atoms with Crippen LogP contribution in [-0.2, 0) is 11.3 Å². The van der Waals surface area contributed by atoms with E-state index in [-0.39, 0.29) is 36.2 Å². The Morgan fingerprint density at radius 2 is 2.04 bits per heavy atom. The Morgan fingerprint density at radius 3 is 2.74 bits per heavy atom. The van der Waals surface area contributed by atoms with E-state index in [0.717, 1.165) is 50.9 Å². The van der Waals surface area contributed by atoms with Gasteiger partial charge in [-0.05, 0) is 50.0 Å². The molecule has 0 radical (unpaired) electrons. The van der Waals surface area contributed by atoms with E-state index in [1.165, 1.54) is 12.1 Å². The first-order chi connectivity index (χ1) is 10.7. The molecule has 23 heavy (non-hydrogen) atoms. The molecular weight excluding hydrogens is 317 g/mol. The first kappa shape index (κ1) is 18.2. The van der Waals surface area contributed by atoms with Gasteiger partial charge in [-0.25, -0.2) is 4.39 Å². The summed E-state index contributed by atoms with van der Waals surface area (Å²) in [5.41, 5.74) is 1.06. The molecule has 2 aliphatic heterocycles. The highest BCUT2D eigenvalue weighted by molar-refractivity contribution is 5.85. The van der Waals surface area contributed by atoms with Gasteiger partial charge in [-0.1, -0.05) is 18.6 Å². The van der Waals surface area contributed by atoms with E-state index in [2.05, 4.69) is 15.5 Å². The Bertz CT molecular complexity index is 505. The molecule has 2 atom stereocenters. The number of nitrogens with one attached hydrogen (secondary N) is 2. The zero-order valence-corrected chi connectivity index (χ0v) is 14.1. The van der Waals surface area contributed by atoms with Gasteiger partial charge in [0.05, 0.1) is 6.04 Å². The normalized spacial score (nSPS) is 24.9. The van der Waals surface area contributed by atoms with Gasteiger partial charge in [0, 0.05) is 19.1 Å². The summed E-state index contributed by atoms with van der Waals surface area (Å²) in [7, 11) is 0. The molecule has 4 nitrogen and oxygen atoms in total. The lowest BCUT2D eigenvalue weighted by Gasteiger charge is -2.35. The molecule has 0 spiro atoms. The molecule has 3 rings (SSSR count). The number of carbonyl (C=O) groups is 1. The van der Waals surface area contributed by atoms with Crippen LogP contribution >= 0.6 is 12.4 Å². The Labute approximate surface area is 143 Å². The predicted octanol–water partition coefficient (Wildman–Crippen LogP) is 2.08. The molecule has 2 aliphatic rings. The molecule has 128 valence electrons. The van der Waals surface area contributed by atoms with E-state index in [4.69, 9.17) is 0 Å². The minimum absolute atomic E-state index is 0. The average Bonchev–Trinajstić information content (AvgIpc) is 3.03. The van der Waals surface area contributed by atoms with Crippen LogP contribution in [0, 0.1) is 5.82 Å². The van der Waals surface area contributed by atoms with E-state index in [1.54, 1.807) is 12.1 Å². The van der Waals surface area contributed by atoms with Gasteiger partial charge in [0.25, 0.3) is 0 Å². The topological polar surface area (TPSA) is 44.4 Å². The van der Waals surface area contributed by atoms with E-state index in [1.807, 2.05) is 0 Å². The lowest BCUT2D eigenvalue weighted by atomic mass is 10.00. The van der Waals surface area contributed by atoms with Crippen LogP contribution in [0.2, 0.25) is 0 Å². The molecule has 2 saturated heterocycles. The van der Waals surface area contributed by atoms with Crippen molar-refractivity contribution < 1.29 is 9.18 Å². The van der Waals surface area contributed by atoms with Crippen molar-refractivity contribution in [3.63, 3.8) is 0 Å². The maximum atomic E-state index is 13.0. The van der Waals surface area contributed by atoms with E-state index >= 15 is 0 Å². The van der Waals surface area contributed by atoms with Crippen molar-refractivity contribution in [1.82, 2.24) is 15.5 Å². The van der Waals surface area contributed by atoms with Gasteiger partial charge in [-0.3, -0.25) is 9.69 Å². The van der Waals surface area contributed by atoms with Gasteiger partial charge >= 0.3 is 0 Å². The van der Waals surface area contributed by atoms with Crippen molar-refractivity contribution in [3.8, 4) is 0 Å². The predicted molar refractivity (Wildman–Crippen MR) is 91.1 cm³/mol. The zero-order valence-electron chi connectivity index (χ0n) is 13.3. The molecule has 0 aliphatic carbocycles. The Kier molecular flexibility index (Phi) is 6.81. The first-order valence-corrected chi connectivity index (χ1v) is 8.22. The van der Waals surface area contributed by atoms with Crippen molar-refractivity contribution in [2.75, 3.05) is 19.6 Å². The number of halogens is 2. The van der Waals surface area contributed by atoms with Crippen LogP contribution in [0.4, 0.5) is 4.39 Å². The lowest BCUT2D eigenvalue weighted by Crippen LogP contribution is -2.51. The summed E-state index contributed by atoms with van der Waals surface area (Å²) in [6.07, 6.45) is 4.14. The maximum Gasteiger partial charge on any atom is 0.237 e. The number of nitrogens with zero attached hydrogens (tertiary/aromatic N) is 1. The van der Waals surface area contributed by atoms with Crippen LogP contribution in [0.1, 0.15) is 31.2 Å². The van der Waals surface area contributed by atoms with Gasteiger partial charge in [-0.15, -0.1) is 12.4 Å². The Balaban J connectivity index is 0.00000192. The second-order valence-electron chi connectivity index (χ2n) is 6.31. The van der Waals surface area contributed by atoms with Gasteiger partial charge < -0.3 is 10.6 Å². The molecule has 1 amide bonds. The minimum atomic E-state index is -0.217. The molecule has 2 N–H and O–H groups in total. The summed E-state index contributed by atoms with van der Waals surface area (Å²) in [6, 6.07) is 6.79. The second kappa shape index (κ2) is 8.62. The van der Waals surface area contributed by atoms with Crippen LogP contribution in [0.5, 0.6) is 0 Å². The highest BCUT2D eigenvalue weighted by Crippen LogP contribution is 2.20. The summed E-state index contributed by atoms with van der Waals surface area (Å²) in [5.74, 6) is -0.0686. The first-order valence-electron chi connectivity index (χ1n) is 8.22. The maximum absolute atomic E-state index is 13.0. The van der Waals surface area contributed by atoms with E-state index < -0.39 is 0 Å². The molecule has 2 fully saturated rings. The van der Waals surface area contributed by atoms with Crippen LogP contribution in [-0.4, -0.2) is 42.5 Å². The Hall–Kier alpha value is -1.17. The highest BCUT2D eigenvalue weighted by atomic mass is 35.5. The van der Waals surface area contributed by atoms with Crippen LogP contribution < -0.4 is 10.6 Å². The smallest absolute Gasteiger partial charge is 0.237 e. The summed E-state index contributed by atoms with van der Waals surface area (Å²) in [6.45, 7) is 3.49. The minimum Gasteiger partial charge on any atom is -0.351 e. The number of rotatable bonds is 4. The fourth-order valence-electron chi connectivity index (χ4n) is 3.38. The summed E-state index contributed by atoms with van der Waals surface area (Å²) >= 11 is 0. The number of piperidine rings is 1. The summed E-state index contributed by atoms with van der Waals surface area (Å²) in [4.78, 5) is 14.8. The number of benzene rings is 1. The molecule has 0 bridgehead atoms. The molecular formula is C17H25ClFN3O. The second-order valence-corrected chi connectivity index (χ2v) is 6.31. The molecule has 0 saturated carbocycles. The van der Waals surface area contributed by atoms with Crippen molar-refractivity contribution >= 4 is 18.3 Å². The molecule has 1 aromatic rings. The third-order valence-electron chi connectivity index (χ3n) is 4.62. The average molecular weight is 342 g/mol. The van der Waals surface area contributed by atoms with Crippen molar-refractivity contribution in [2.24, 2.45) is 0 Å². The van der Waals surface area contributed by atoms with Gasteiger partial charge in [0.2, 0.25) is 5.91 Å². The van der Waals surface area contributed by atoms with Crippen molar-refractivity contribution in [3.05, 3.63) is 35.6 Å². The highest BCUT2D eigenvalue weighted by Gasteiger charge is 2.30. The van der Waals surface area contributed by atoms with Crippen molar-refractivity contribution in [1.29, 1.82) is 0 Å². The lowest BCUT2D eigenvalue weighted by molar-refractivity contribution is -0.128. The summed E-state index contributed by atoms with van der Waals surface area (Å²) < 4.78 is 13.0. The van der Waals surface area contributed by atoms with Crippen LogP contribution in [0.25, 0.3) is 0 Å². The number of hydrogen-bond acceptors (Lipinski definition) is 3. The van der Waals surface area contributed by atoms with E-state index in [9.17, 15) is 9.18 Å². The third-order valence-corrected chi connectivity index (χ3v) is 4.62. The molecule has 2 heterocycles. The van der Waals surface area contributed by atoms with Crippen molar-refractivity contribution in [2.45, 2.75) is 44.3 Å². The molecule has 6 heteroatoms. The van der Waals surface area contributed by atoms with Gasteiger partial charge in [0.1, 0.15) is 5.82 Å². The largest absolute Gasteiger partial charge is 0.351 e. The zero-order chi connectivity index (χ0) is 15.4. The van der Waals surface area contributed by atoms with Crippen LogP contribution in [0.3, 0.4) is 0 Å². The van der Waals surface area contributed by atoms with Gasteiger partial charge in [-0.2, -0.15) is 0 Å². The Morgan fingerprint density at radius 1 is 1.26 bits per heavy atom. The SMILES string of the molecule is Cl.O=C(NC1CCNC1)C1CCCCN1Cc1ccc(F)cc1. The summed E-state index contributed by atoms with van der Waals surface area (Å²) in [5, 5.41) is 6.44. The third kappa shape index (κ3) is 4.90. The van der Waals surface area contributed by atoms with Gasteiger partial charge in [0.15, 0.2) is 0 Å². The van der Waals surface area contributed by atoms with E-state index in [0.29, 0.717) is 6.54 Å². The monoisotopic (exact) mass is 341 g/mol. The fourth-order valence-corrected chi connectivity index (χ4v) is 3.38. The number of hydrogen-bond donors (Lipinski definition) is 2. The fraction of sp³-hybridized carbons (Fsp3) is 0.588. The number of carbonyl (C=O) groups excluding carboxylic acids is 1. The number of amides is 1. The molecule has 1 aromatic carbocycles. The molecule has 2 unspecified atom stereocenters.